The molecule has 0 saturated heterocycles. The van der Waals surface area contributed by atoms with E-state index in [-0.39, 0.29) is 0 Å². The summed E-state index contributed by atoms with van der Waals surface area (Å²) in [6.07, 6.45) is 3.96. The average molecular weight is 241 g/mol. The number of rotatable bonds is 2. The van der Waals surface area contributed by atoms with Crippen LogP contribution in [0.4, 0.5) is 5.69 Å². The predicted octanol–water partition coefficient (Wildman–Crippen LogP) is 2.56. The van der Waals surface area contributed by atoms with Crippen LogP contribution in [0.15, 0.2) is 28.9 Å². The molecule has 0 unspecified atom stereocenters. The normalized spacial score (nSPS) is 10.7. The van der Waals surface area contributed by atoms with E-state index in [1.54, 1.807) is 0 Å². The molecule has 0 heterocycles. The molecule has 0 fully saturated rings. The molecule has 0 aliphatic rings. The van der Waals surface area contributed by atoms with E-state index in [1.807, 2.05) is 49.5 Å². The first-order valence-electron chi connectivity index (χ1n) is 3.99. The van der Waals surface area contributed by atoms with Gasteiger partial charge in [-0.25, -0.2) is 0 Å². The molecule has 2 nitrogen and oxygen atoms in total. The third kappa shape index (κ3) is 3.11. The second-order valence-electron chi connectivity index (χ2n) is 3.05. The fourth-order valence-electron chi connectivity index (χ4n) is 0.919. The van der Waals surface area contributed by atoms with Crippen molar-refractivity contribution in [2.45, 2.75) is 0 Å². The minimum absolute atomic E-state index is 0.793. The average Bonchev–Trinajstić information content (AvgIpc) is 2.06. The lowest BCUT2D eigenvalue weighted by Crippen LogP contribution is -2.00. The Morgan fingerprint density at radius 2 is 2.08 bits per heavy atom. The van der Waals surface area contributed by atoms with Crippen LogP contribution in [-0.2, 0) is 0 Å². The minimum atomic E-state index is 0.793. The first-order valence-corrected chi connectivity index (χ1v) is 4.78. The molecular formula is C10H13BrN2. The van der Waals surface area contributed by atoms with Crippen molar-refractivity contribution in [2.24, 2.45) is 0 Å². The summed E-state index contributed by atoms with van der Waals surface area (Å²) in [5.41, 5.74) is 7.61. The van der Waals surface area contributed by atoms with Crippen LogP contribution in [0.1, 0.15) is 5.56 Å². The predicted molar refractivity (Wildman–Crippen MR) is 61.3 cm³/mol. The Bertz CT molecular complexity index is 319. The van der Waals surface area contributed by atoms with Crippen LogP contribution in [0.5, 0.6) is 0 Å². The van der Waals surface area contributed by atoms with E-state index in [0.717, 1.165) is 15.7 Å². The smallest absolute Gasteiger partial charge is 0.0388 e. The quantitative estimate of drug-likeness (QED) is 0.806. The topological polar surface area (TPSA) is 29.3 Å². The van der Waals surface area contributed by atoms with Gasteiger partial charge in [-0.15, -0.1) is 0 Å². The molecule has 0 aliphatic carbocycles. The van der Waals surface area contributed by atoms with Crippen LogP contribution in [0, 0.1) is 0 Å². The molecular weight excluding hydrogens is 228 g/mol. The molecule has 0 bridgehead atoms. The Labute approximate surface area is 87.2 Å². The van der Waals surface area contributed by atoms with Crippen molar-refractivity contribution in [2.75, 3.05) is 19.8 Å². The van der Waals surface area contributed by atoms with Crippen molar-refractivity contribution < 1.29 is 0 Å². The lowest BCUT2D eigenvalue weighted by Gasteiger charge is -2.05. The number of nitrogens with two attached hydrogens (primary N) is 1. The molecule has 70 valence electrons. The summed E-state index contributed by atoms with van der Waals surface area (Å²) in [5.74, 6) is 0. The van der Waals surface area contributed by atoms with Gasteiger partial charge < -0.3 is 10.6 Å². The Balaban J connectivity index is 2.93. The van der Waals surface area contributed by atoms with E-state index in [0.29, 0.717) is 0 Å². The van der Waals surface area contributed by atoms with Crippen molar-refractivity contribution in [1.82, 2.24) is 4.90 Å². The molecule has 1 aromatic rings. The first kappa shape index (κ1) is 10.1. The summed E-state index contributed by atoms with van der Waals surface area (Å²) in [6, 6.07) is 5.82. The highest BCUT2D eigenvalue weighted by Crippen LogP contribution is 2.19. The van der Waals surface area contributed by atoms with Gasteiger partial charge in [0.1, 0.15) is 0 Å². The van der Waals surface area contributed by atoms with Crippen molar-refractivity contribution in [3.63, 3.8) is 0 Å². The monoisotopic (exact) mass is 240 g/mol. The molecule has 0 spiro atoms. The van der Waals surface area contributed by atoms with Crippen LogP contribution < -0.4 is 5.73 Å². The SMILES string of the molecule is CN(C)/C=C/c1cc(Br)ccc1N. The van der Waals surface area contributed by atoms with Crippen LogP contribution in [0.3, 0.4) is 0 Å². The van der Waals surface area contributed by atoms with Gasteiger partial charge in [0.05, 0.1) is 0 Å². The molecule has 13 heavy (non-hydrogen) atoms. The Morgan fingerprint density at radius 1 is 1.38 bits per heavy atom. The van der Waals surface area contributed by atoms with Gasteiger partial charge in [-0.3, -0.25) is 0 Å². The van der Waals surface area contributed by atoms with Crippen LogP contribution in [-0.4, -0.2) is 19.0 Å². The van der Waals surface area contributed by atoms with E-state index in [4.69, 9.17) is 5.73 Å². The number of anilines is 1. The fourth-order valence-corrected chi connectivity index (χ4v) is 1.30. The molecule has 3 heteroatoms. The van der Waals surface area contributed by atoms with Crippen molar-refractivity contribution in [1.29, 1.82) is 0 Å². The second kappa shape index (κ2) is 4.33. The van der Waals surface area contributed by atoms with E-state index in [9.17, 15) is 0 Å². The fraction of sp³-hybridized carbons (Fsp3) is 0.200. The van der Waals surface area contributed by atoms with Gasteiger partial charge in [-0.05, 0) is 36.0 Å². The lowest BCUT2D eigenvalue weighted by molar-refractivity contribution is 0.567. The summed E-state index contributed by atoms with van der Waals surface area (Å²) in [4.78, 5) is 1.97. The number of halogens is 1. The van der Waals surface area contributed by atoms with E-state index < -0.39 is 0 Å². The minimum Gasteiger partial charge on any atom is -0.398 e. The van der Waals surface area contributed by atoms with Crippen LogP contribution in [0.25, 0.3) is 6.08 Å². The number of nitrogens with zero attached hydrogens (tertiary/aromatic N) is 1. The maximum Gasteiger partial charge on any atom is 0.0388 e. The zero-order chi connectivity index (χ0) is 9.84. The molecule has 1 aromatic carbocycles. The molecule has 0 aromatic heterocycles. The largest absolute Gasteiger partial charge is 0.398 e. The molecule has 2 N–H and O–H groups in total. The standard InChI is InChI=1S/C10H13BrN2/c1-13(2)6-5-8-7-9(11)3-4-10(8)12/h3-7H,12H2,1-2H3/b6-5+. The molecule has 0 saturated carbocycles. The van der Waals surface area contributed by atoms with E-state index >= 15 is 0 Å². The maximum atomic E-state index is 5.79. The van der Waals surface area contributed by atoms with Crippen molar-refractivity contribution in [3.8, 4) is 0 Å². The summed E-state index contributed by atoms with van der Waals surface area (Å²) in [7, 11) is 3.95. The Hall–Kier alpha value is -0.960. The van der Waals surface area contributed by atoms with E-state index in [2.05, 4.69) is 15.9 Å². The summed E-state index contributed by atoms with van der Waals surface area (Å²) < 4.78 is 1.04. The van der Waals surface area contributed by atoms with Crippen LogP contribution in [0.2, 0.25) is 0 Å². The Kier molecular flexibility index (Phi) is 3.37. The molecule has 0 radical (unpaired) electrons. The number of nitrogen functional groups attached to an aromatic ring is 1. The number of benzene rings is 1. The van der Waals surface area contributed by atoms with Gasteiger partial charge >= 0.3 is 0 Å². The molecule has 0 aliphatic heterocycles. The lowest BCUT2D eigenvalue weighted by atomic mass is 10.2. The summed E-state index contributed by atoms with van der Waals surface area (Å²) in [5, 5.41) is 0. The highest BCUT2D eigenvalue weighted by Gasteiger charge is 1.95. The first-order chi connectivity index (χ1) is 6.09. The zero-order valence-electron chi connectivity index (χ0n) is 7.79. The second-order valence-corrected chi connectivity index (χ2v) is 3.97. The maximum absolute atomic E-state index is 5.79. The van der Waals surface area contributed by atoms with Gasteiger partial charge in [0.2, 0.25) is 0 Å². The van der Waals surface area contributed by atoms with E-state index in [1.165, 1.54) is 0 Å². The van der Waals surface area contributed by atoms with Crippen molar-refractivity contribution in [3.05, 3.63) is 34.4 Å². The zero-order valence-corrected chi connectivity index (χ0v) is 9.38. The third-order valence-corrected chi connectivity index (χ3v) is 2.09. The molecule has 1 rings (SSSR count). The summed E-state index contributed by atoms with van der Waals surface area (Å²) in [6.45, 7) is 0. The van der Waals surface area contributed by atoms with Crippen LogP contribution >= 0.6 is 15.9 Å². The summed E-state index contributed by atoms with van der Waals surface area (Å²) >= 11 is 3.40. The molecule has 0 amide bonds. The van der Waals surface area contributed by atoms with Gasteiger partial charge in [-0.1, -0.05) is 15.9 Å². The van der Waals surface area contributed by atoms with Gasteiger partial charge in [0.25, 0.3) is 0 Å². The van der Waals surface area contributed by atoms with Crippen molar-refractivity contribution >= 4 is 27.7 Å². The number of hydrogen-bond donors (Lipinski definition) is 1. The Morgan fingerprint density at radius 3 is 2.69 bits per heavy atom. The van der Waals surface area contributed by atoms with Gasteiger partial charge in [0.15, 0.2) is 0 Å². The van der Waals surface area contributed by atoms with Gasteiger partial charge in [0, 0.05) is 24.3 Å². The van der Waals surface area contributed by atoms with Gasteiger partial charge in [-0.2, -0.15) is 0 Å². The third-order valence-electron chi connectivity index (χ3n) is 1.60. The highest BCUT2D eigenvalue weighted by atomic mass is 79.9. The number of hydrogen-bond acceptors (Lipinski definition) is 2. The highest BCUT2D eigenvalue weighted by molar-refractivity contribution is 9.10. The molecule has 0 atom stereocenters.